The van der Waals surface area contributed by atoms with Gasteiger partial charge in [0.15, 0.2) is 0 Å². The number of hydroxylamine groups is 2. The summed E-state index contributed by atoms with van der Waals surface area (Å²) in [6.45, 7) is 1.51. The monoisotopic (exact) mass is 398 g/mol. The zero-order valence-electron chi connectivity index (χ0n) is 14.9. The summed E-state index contributed by atoms with van der Waals surface area (Å²) in [4.78, 5) is 4.45. The van der Waals surface area contributed by atoms with Crippen molar-refractivity contribution in [1.29, 1.82) is 0 Å². The van der Waals surface area contributed by atoms with Crippen LogP contribution in [0.4, 0.5) is 5.69 Å². The quantitative estimate of drug-likeness (QED) is 0.514. The van der Waals surface area contributed by atoms with Gasteiger partial charge < -0.3 is 5.32 Å². The predicted molar refractivity (Wildman–Crippen MR) is 105 cm³/mol. The molecule has 0 spiro atoms. The molecule has 26 heavy (non-hydrogen) atoms. The maximum absolute atomic E-state index is 11.8. The molecule has 0 aromatic heterocycles. The first kappa shape index (κ1) is 19.6. The molecular weight excluding hydrogens is 373 g/mol. The number of benzene rings is 1. The topological polar surface area (TPSA) is 63.2 Å². The summed E-state index contributed by atoms with van der Waals surface area (Å²) in [6, 6.07) is 8.53. The Kier molecular flexibility index (Phi) is 7.69. The second-order valence-electron chi connectivity index (χ2n) is 6.57. The molecule has 142 valence electrons. The highest BCUT2D eigenvalue weighted by Crippen LogP contribution is 2.33. The predicted octanol–water partition coefficient (Wildman–Crippen LogP) is 5.05. The Bertz CT molecular complexity index is 621. The lowest BCUT2D eigenvalue weighted by molar-refractivity contribution is 0.00469. The third-order valence-electron chi connectivity index (χ3n) is 4.70. The minimum atomic E-state index is -2.25. The van der Waals surface area contributed by atoms with Crippen LogP contribution in [0.3, 0.4) is 0 Å². The standard InChI is InChI=1S/C18H26ClN3O3P/c19-11-14-24-26(23)25-22-13-4-12-20-18(22)21-17-9-7-16(8-10-17)15-5-2-1-3-6-15/h7-10,15H,1-6,11-14H2,(H,20,21)/q+1. The Morgan fingerprint density at radius 1 is 1.19 bits per heavy atom. The van der Waals surface area contributed by atoms with E-state index in [1.807, 2.05) is 0 Å². The number of rotatable bonds is 7. The fourth-order valence-corrected chi connectivity index (χ4v) is 4.17. The first-order valence-corrected chi connectivity index (χ1v) is 10.9. The van der Waals surface area contributed by atoms with Crippen molar-refractivity contribution in [3.8, 4) is 0 Å². The second-order valence-corrected chi connectivity index (χ2v) is 7.82. The molecule has 1 fully saturated rings. The number of nitrogens with one attached hydrogen (secondary N) is 1. The molecular formula is C18H26ClN3O3P+. The van der Waals surface area contributed by atoms with Gasteiger partial charge in [-0.15, -0.1) is 16.1 Å². The normalized spacial score (nSPS) is 19.2. The van der Waals surface area contributed by atoms with E-state index >= 15 is 0 Å². The van der Waals surface area contributed by atoms with Gasteiger partial charge in [-0.05, 0) is 42.9 Å². The Morgan fingerprint density at radius 2 is 1.96 bits per heavy atom. The molecule has 1 heterocycles. The van der Waals surface area contributed by atoms with Gasteiger partial charge in [-0.1, -0.05) is 31.4 Å². The number of hydrogen-bond donors (Lipinski definition) is 1. The van der Waals surface area contributed by atoms with E-state index in [0.717, 1.165) is 12.1 Å². The lowest BCUT2D eigenvalue weighted by Gasteiger charge is -2.24. The average molecular weight is 399 g/mol. The van der Waals surface area contributed by atoms with Crippen LogP contribution in [-0.2, 0) is 13.7 Å². The highest BCUT2D eigenvalue weighted by atomic mass is 35.5. The zero-order chi connectivity index (χ0) is 18.2. The van der Waals surface area contributed by atoms with E-state index in [1.165, 1.54) is 42.7 Å². The molecule has 1 atom stereocenters. The van der Waals surface area contributed by atoms with Crippen molar-refractivity contribution < 1.29 is 13.7 Å². The van der Waals surface area contributed by atoms with E-state index in [-0.39, 0.29) is 12.5 Å². The van der Waals surface area contributed by atoms with E-state index in [1.54, 1.807) is 0 Å². The van der Waals surface area contributed by atoms with Crippen LogP contribution < -0.4 is 5.32 Å². The SMILES string of the molecule is O=[P+](OCCCl)ON1CCCN=C1Nc1ccc(C2CCCCC2)cc1. The molecule has 1 aliphatic heterocycles. The average Bonchev–Trinajstić information content (AvgIpc) is 2.69. The molecule has 3 rings (SSSR count). The number of anilines is 1. The van der Waals surface area contributed by atoms with Gasteiger partial charge in [0.1, 0.15) is 6.61 Å². The van der Waals surface area contributed by atoms with Gasteiger partial charge in [0, 0.05) is 21.4 Å². The lowest BCUT2D eigenvalue weighted by atomic mass is 9.84. The maximum Gasteiger partial charge on any atom is 0.722 e. The van der Waals surface area contributed by atoms with Crippen LogP contribution >= 0.6 is 19.9 Å². The molecule has 0 saturated heterocycles. The molecule has 1 N–H and O–H groups in total. The van der Waals surface area contributed by atoms with E-state index in [9.17, 15) is 4.57 Å². The highest BCUT2D eigenvalue weighted by Gasteiger charge is 2.30. The second kappa shape index (κ2) is 10.2. The van der Waals surface area contributed by atoms with Crippen LogP contribution in [0.5, 0.6) is 0 Å². The van der Waals surface area contributed by atoms with E-state index in [4.69, 9.17) is 20.7 Å². The first-order valence-electron chi connectivity index (χ1n) is 9.29. The van der Waals surface area contributed by atoms with Crippen molar-refractivity contribution in [2.75, 3.05) is 30.9 Å². The van der Waals surface area contributed by atoms with Crippen LogP contribution in [0.15, 0.2) is 29.3 Å². The molecule has 8 heteroatoms. The van der Waals surface area contributed by atoms with Crippen LogP contribution in [0, 0.1) is 0 Å². The van der Waals surface area contributed by atoms with E-state index < -0.39 is 8.25 Å². The van der Waals surface area contributed by atoms with Gasteiger partial charge in [0.05, 0.1) is 12.4 Å². The molecule has 0 amide bonds. The van der Waals surface area contributed by atoms with Crippen molar-refractivity contribution in [3.05, 3.63) is 29.8 Å². The van der Waals surface area contributed by atoms with Crippen LogP contribution in [0.25, 0.3) is 0 Å². The van der Waals surface area contributed by atoms with Gasteiger partial charge in [-0.2, -0.15) is 5.06 Å². The summed E-state index contributed by atoms with van der Waals surface area (Å²) in [7, 11) is -2.25. The summed E-state index contributed by atoms with van der Waals surface area (Å²) < 4.78 is 22.2. The van der Waals surface area contributed by atoms with Crippen LogP contribution in [0.2, 0.25) is 0 Å². The van der Waals surface area contributed by atoms with Crippen molar-refractivity contribution in [3.63, 3.8) is 0 Å². The van der Waals surface area contributed by atoms with Gasteiger partial charge >= 0.3 is 8.25 Å². The summed E-state index contributed by atoms with van der Waals surface area (Å²) in [6.07, 6.45) is 7.44. The fraction of sp³-hybridized carbons (Fsp3) is 0.611. The minimum absolute atomic E-state index is 0.188. The van der Waals surface area contributed by atoms with Crippen molar-refractivity contribution >= 4 is 31.5 Å². The van der Waals surface area contributed by atoms with Gasteiger partial charge in [-0.3, -0.25) is 4.99 Å². The molecule has 0 radical (unpaired) electrons. The molecule has 1 saturated carbocycles. The third-order valence-corrected chi connectivity index (χ3v) is 5.58. The summed E-state index contributed by atoms with van der Waals surface area (Å²) >= 11 is 5.53. The smallest absolute Gasteiger partial charge is 0.324 e. The molecule has 1 aromatic rings. The van der Waals surface area contributed by atoms with Crippen molar-refractivity contribution in [1.82, 2.24) is 5.06 Å². The molecule has 0 bridgehead atoms. The number of nitrogens with zero attached hydrogens (tertiary/aromatic N) is 2. The van der Waals surface area contributed by atoms with E-state index in [2.05, 4.69) is 34.6 Å². The summed E-state index contributed by atoms with van der Waals surface area (Å²) in [5.74, 6) is 1.52. The first-order chi connectivity index (χ1) is 12.8. The number of guanidine groups is 1. The van der Waals surface area contributed by atoms with Crippen LogP contribution in [0.1, 0.15) is 50.0 Å². The maximum atomic E-state index is 11.8. The molecule has 2 aliphatic rings. The summed E-state index contributed by atoms with van der Waals surface area (Å²) in [5, 5.41) is 4.77. The molecule has 1 aromatic carbocycles. The fourth-order valence-electron chi connectivity index (χ4n) is 3.38. The number of halogens is 1. The number of alkyl halides is 1. The van der Waals surface area contributed by atoms with Gasteiger partial charge in [-0.25, -0.2) is 0 Å². The zero-order valence-corrected chi connectivity index (χ0v) is 16.6. The number of hydrogen-bond acceptors (Lipinski definition) is 6. The van der Waals surface area contributed by atoms with Gasteiger partial charge in [0.25, 0.3) is 0 Å². The largest absolute Gasteiger partial charge is 0.722 e. The van der Waals surface area contributed by atoms with Crippen molar-refractivity contribution in [2.24, 2.45) is 4.99 Å². The Hall–Kier alpha value is -1.20. The highest BCUT2D eigenvalue weighted by molar-refractivity contribution is 7.33. The van der Waals surface area contributed by atoms with Gasteiger partial charge in [0.2, 0.25) is 5.96 Å². The van der Waals surface area contributed by atoms with E-state index in [0.29, 0.717) is 25.0 Å². The minimum Gasteiger partial charge on any atom is -0.324 e. The molecule has 6 nitrogen and oxygen atoms in total. The molecule has 1 unspecified atom stereocenters. The van der Waals surface area contributed by atoms with Crippen molar-refractivity contribution in [2.45, 2.75) is 44.4 Å². The lowest BCUT2D eigenvalue weighted by Crippen LogP contribution is -2.39. The Balaban J connectivity index is 1.58. The summed E-state index contributed by atoms with van der Waals surface area (Å²) in [5.41, 5.74) is 2.35. The Labute approximate surface area is 160 Å². The number of aliphatic imine (C=N–C) groups is 1. The van der Waals surface area contributed by atoms with Crippen LogP contribution in [-0.4, -0.2) is 36.6 Å². The Morgan fingerprint density at radius 3 is 2.69 bits per heavy atom. The molecule has 1 aliphatic carbocycles. The third kappa shape index (κ3) is 5.65.